The fraction of sp³-hybridized carbons (Fsp3) is 0.316. The van der Waals surface area contributed by atoms with Crippen molar-refractivity contribution in [3.63, 3.8) is 0 Å². The minimum Gasteiger partial charge on any atom is -0.465 e. The van der Waals surface area contributed by atoms with Crippen LogP contribution in [0.1, 0.15) is 49.4 Å². The third-order valence-electron chi connectivity index (χ3n) is 4.05. The summed E-state index contributed by atoms with van der Waals surface area (Å²) in [6.07, 6.45) is 0.946. The van der Waals surface area contributed by atoms with Crippen molar-refractivity contribution in [3.8, 4) is 0 Å². The van der Waals surface area contributed by atoms with Gasteiger partial charge in [-0.25, -0.2) is 9.59 Å². The Morgan fingerprint density at radius 1 is 1.08 bits per heavy atom. The number of aromatic amines is 1. The Morgan fingerprint density at radius 3 is 2.23 bits per heavy atom. The summed E-state index contributed by atoms with van der Waals surface area (Å²) in [7, 11) is 1.28. The van der Waals surface area contributed by atoms with Crippen molar-refractivity contribution in [3.05, 3.63) is 52.3 Å². The number of carbonyl (C=O) groups is 3. The molecule has 138 valence electrons. The maximum atomic E-state index is 12.6. The summed E-state index contributed by atoms with van der Waals surface area (Å²) in [6.45, 7) is 4.84. The second-order valence-corrected chi connectivity index (χ2v) is 6.64. The maximum absolute atomic E-state index is 12.6. The van der Waals surface area contributed by atoms with E-state index in [1.165, 1.54) is 14.0 Å². The molecule has 0 saturated heterocycles. The molecule has 1 aromatic heterocycles. The zero-order chi connectivity index (χ0) is 19.4. The molecule has 1 atom stereocenters. The minimum atomic E-state index is -0.995. The van der Waals surface area contributed by atoms with Crippen molar-refractivity contribution < 1.29 is 23.9 Å². The molecule has 1 heterocycles. The highest BCUT2D eigenvalue weighted by atomic mass is 32.2. The van der Waals surface area contributed by atoms with E-state index in [9.17, 15) is 14.4 Å². The molecular weight excluding hydrogens is 354 g/mol. The van der Waals surface area contributed by atoms with Gasteiger partial charge in [-0.2, -0.15) is 0 Å². The average molecular weight is 375 g/mol. The van der Waals surface area contributed by atoms with Crippen LogP contribution in [0.25, 0.3) is 0 Å². The number of hydrogen-bond acceptors (Lipinski definition) is 6. The topological polar surface area (TPSA) is 85.5 Å². The molecular formula is C19H21NO5S. The van der Waals surface area contributed by atoms with Gasteiger partial charge in [-0.1, -0.05) is 0 Å². The number of aryl methyl sites for hydroxylation is 1. The zero-order valence-corrected chi connectivity index (χ0v) is 16.2. The van der Waals surface area contributed by atoms with Crippen LogP contribution in [-0.4, -0.2) is 42.2 Å². The molecule has 1 aromatic carbocycles. The zero-order valence-electron chi connectivity index (χ0n) is 15.3. The van der Waals surface area contributed by atoms with Gasteiger partial charge in [0.1, 0.15) is 0 Å². The lowest BCUT2D eigenvalue weighted by Crippen LogP contribution is -2.25. The summed E-state index contributed by atoms with van der Waals surface area (Å²) in [4.78, 5) is 40.6. The first-order valence-corrected chi connectivity index (χ1v) is 9.19. The number of nitrogens with one attached hydrogen (secondary N) is 1. The Hall–Kier alpha value is -2.54. The van der Waals surface area contributed by atoms with Crippen LogP contribution in [0.15, 0.2) is 29.2 Å². The van der Waals surface area contributed by atoms with E-state index in [4.69, 9.17) is 9.47 Å². The molecule has 6 nitrogen and oxygen atoms in total. The number of H-pyrrole nitrogens is 1. The first-order valence-electron chi connectivity index (χ1n) is 7.96. The molecule has 0 aliphatic rings. The Morgan fingerprint density at radius 2 is 1.69 bits per heavy atom. The average Bonchev–Trinajstić information content (AvgIpc) is 2.94. The minimum absolute atomic E-state index is 0.237. The van der Waals surface area contributed by atoms with Gasteiger partial charge in [-0.3, -0.25) is 4.79 Å². The molecule has 0 aliphatic heterocycles. The van der Waals surface area contributed by atoms with E-state index in [-0.39, 0.29) is 5.69 Å². The smallest absolute Gasteiger partial charge is 0.339 e. The van der Waals surface area contributed by atoms with Crippen molar-refractivity contribution in [1.82, 2.24) is 4.98 Å². The van der Waals surface area contributed by atoms with Gasteiger partial charge in [0, 0.05) is 10.6 Å². The summed E-state index contributed by atoms with van der Waals surface area (Å²) >= 11 is 1.57. The van der Waals surface area contributed by atoms with Crippen molar-refractivity contribution in [2.45, 2.75) is 31.8 Å². The quantitative estimate of drug-likeness (QED) is 0.472. The highest BCUT2D eigenvalue weighted by molar-refractivity contribution is 7.98. The van der Waals surface area contributed by atoms with E-state index < -0.39 is 23.8 Å². The molecule has 0 amide bonds. The van der Waals surface area contributed by atoms with Gasteiger partial charge in [0.05, 0.1) is 23.9 Å². The van der Waals surface area contributed by atoms with Crippen LogP contribution >= 0.6 is 11.8 Å². The van der Waals surface area contributed by atoms with E-state index in [0.717, 1.165) is 4.90 Å². The van der Waals surface area contributed by atoms with E-state index >= 15 is 0 Å². The molecule has 2 rings (SSSR count). The van der Waals surface area contributed by atoms with Gasteiger partial charge in [0.2, 0.25) is 5.78 Å². The Labute approximate surface area is 156 Å². The summed E-state index contributed by atoms with van der Waals surface area (Å²) in [5.74, 6) is -1.50. The summed E-state index contributed by atoms with van der Waals surface area (Å²) in [5, 5.41) is 0. The standard InChI is InChI=1S/C19H21NO5S/c1-10-15(19(23)24-4)11(2)20-16(10)17(21)12(3)25-18(22)13-6-8-14(26-5)9-7-13/h6-9,12,20H,1-5H3/t12-/m0/s1. The van der Waals surface area contributed by atoms with Gasteiger partial charge in [0.25, 0.3) is 0 Å². The van der Waals surface area contributed by atoms with Gasteiger partial charge in [-0.05, 0) is 56.9 Å². The summed E-state index contributed by atoms with van der Waals surface area (Å²) in [5.41, 5.74) is 1.94. The van der Waals surface area contributed by atoms with Gasteiger partial charge in [-0.15, -0.1) is 11.8 Å². The highest BCUT2D eigenvalue weighted by Crippen LogP contribution is 2.21. The van der Waals surface area contributed by atoms with E-state index in [1.807, 2.05) is 18.4 Å². The number of aromatic nitrogens is 1. The fourth-order valence-corrected chi connectivity index (χ4v) is 3.03. The van der Waals surface area contributed by atoms with Crippen LogP contribution < -0.4 is 0 Å². The lowest BCUT2D eigenvalue weighted by Gasteiger charge is -2.12. The van der Waals surface area contributed by atoms with Crippen LogP contribution in [0.3, 0.4) is 0 Å². The van der Waals surface area contributed by atoms with Gasteiger partial charge < -0.3 is 14.5 Å². The number of methoxy groups -OCH3 is 1. The first kappa shape index (κ1) is 19.8. The second-order valence-electron chi connectivity index (χ2n) is 5.76. The molecule has 0 unspecified atom stereocenters. The van der Waals surface area contributed by atoms with E-state index in [1.54, 1.807) is 37.7 Å². The predicted molar refractivity (Wildman–Crippen MR) is 99.0 cm³/mol. The Bertz CT molecular complexity index is 838. The molecule has 0 saturated carbocycles. The van der Waals surface area contributed by atoms with Crippen LogP contribution in [0.2, 0.25) is 0 Å². The first-order chi connectivity index (χ1) is 12.3. The van der Waals surface area contributed by atoms with Crippen molar-refractivity contribution in [1.29, 1.82) is 0 Å². The lowest BCUT2D eigenvalue weighted by atomic mass is 10.1. The third-order valence-corrected chi connectivity index (χ3v) is 4.80. The molecule has 0 radical (unpaired) electrons. The Balaban J connectivity index is 2.16. The molecule has 0 bridgehead atoms. The van der Waals surface area contributed by atoms with Crippen LogP contribution in [0.4, 0.5) is 0 Å². The number of benzene rings is 1. The lowest BCUT2D eigenvalue weighted by molar-refractivity contribution is 0.0316. The summed E-state index contributed by atoms with van der Waals surface area (Å²) < 4.78 is 10.0. The van der Waals surface area contributed by atoms with E-state index in [0.29, 0.717) is 22.4 Å². The van der Waals surface area contributed by atoms with Gasteiger partial charge in [0.15, 0.2) is 6.10 Å². The fourth-order valence-electron chi connectivity index (χ4n) is 2.62. The largest absolute Gasteiger partial charge is 0.465 e. The molecule has 1 N–H and O–H groups in total. The number of esters is 2. The number of hydrogen-bond donors (Lipinski definition) is 1. The number of carbonyl (C=O) groups excluding carboxylic acids is 3. The van der Waals surface area contributed by atoms with Crippen LogP contribution in [0, 0.1) is 13.8 Å². The molecule has 2 aromatic rings. The maximum Gasteiger partial charge on any atom is 0.339 e. The van der Waals surface area contributed by atoms with Gasteiger partial charge >= 0.3 is 11.9 Å². The highest BCUT2D eigenvalue weighted by Gasteiger charge is 2.27. The van der Waals surface area contributed by atoms with Crippen molar-refractivity contribution in [2.75, 3.05) is 13.4 Å². The second kappa shape index (κ2) is 8.23. The van der Waals surface area contributed by atoms with Crippen molar-refractivity contribution in [2.24, 2.45) is 0 Å². The molecule has 7 heteroatoms. The van der Waals surface area contributed by atoms with Crippen LogP contribution in [0.5, 0.6) is 0 Å². The molecule has 0 spiro atoms. The third kappa shape index (κ3) is 3.99. The normalized spacial score (nSPS) is 11.7. The molecule has 0 aliphatic carbocycles. The number of ether oxygens (including phenoxy) is 2. The predicted octanol–water partition coefficient (Wildman–Crippen LogP) is 3.57. The number of Topliss-reactive ketones (excluding diaryl/α,β-unsaturated/α-hetero) is 1. The SMILES string of the molecule is COC(=O)c1c(C)[nH]c(C(=O)[C@H](C)OC(=O)c2ccc(SC)cc2)c1C. The Kier molecular flexibility index (Phi) is 6.26. The number of rotatable bonds is 6. The van der Waals surface area contributed by atoms with Crippen LogP contribution in [-0.2, 0) is 9.47 Å². The molecule has 0 fully saturated rings. The molecule has 26 heavy (non-hydrogen) atoms. The number of ketones is 1. The van der Waals surface area contributed by atoms with E-state index in [2.05, 4.69) is 4.98 Å². The number of thioether (sulfide) groups is 1. The summed E-state index contributed by atoms with van der Waals surface area (Å²) in [6, 6.07) is 6.94. The monoisotopic (exact) mass is 375 g/mol. The van der Waals surface area contributed by atoms with Crippen molar-refractivity contribution >= 4 is 29.5 Å².